The van der Waals surface area contributed by atoms with Gasteiger partial charge in [0.1, 0.15) is 0 Å². The molecule has 1 aromatic rings. The molecule has 1 aliphatic carbocycles. The van der Waals surface area contributed by atoms with Gasteiger partial charge in [0.2, 0.25) is 11.8 Å². The molecule has 1 atom stereocenters. The Morgan fingerprint density at radius 3 is 2.65 bits per heavy atom. The lowest BCUT2D eigenvalue weighted by molar-refractivity contribution is -0.122. The largest absolute Gasteiger partial charge is 0.356 e. The third-order valence-corrected chi connectivity index (χ3v) is 4.06. The zero-order chi connectivity index (χ0) is 14.1. The van der Waals surface area contributed by atoms with Crippen LogP contribution in [0, 0.1) is 18.8 Å². The van der Waals surface area contributed by atoms with Crippen LogP contribution < -0.4 is 10.2 Å². The summed E-state index contributed by atoms with van der Waals surface area (Å²) in [6, 6.07) is 8.01. The fourth-order valence-electron chi connectivity index (χ4n) is 2.63. The predicted octanol–water partition coefficient (Wildman–Crippen LogP) is 1.87. The summed E-state index contributed by atoms with van der Waals surface area (Å²) < 4.78 is 0. The maximum atomic E-state index is 12.1. The SMILES string of the molecule is Cc1ccc(N2CC(CNC(=O)C3CC3)CC2=O)cc1. The minimum Gasteiger partial charge on any atom is -0.356 e. The van der Waals surface area contributed by atoms with Crippen LogP contribution in [-0.2, 0) is 9.59 Å². The van der Waals surface area contributed by atoms with Crippen molar-refractivity contribution in [2.75, 3.05) is 18.0 Å². The van der Waals surface area contributed by atoms with E-state index in [1.165, 1.54) is 5.56 Å². The molecule has 4 nitrogen and oxygen atoms in total. The smallest absolute Gasteiger partial charge is 0.227 e. The van der Waals surface area contributed by atoms with Crippen LogP contribution in [0.15, 0.2) is 24.3 Å². The molecule has 3 rings (SSSR count). The zero-order valence-electron chi connectivity index (χ0n) is 11.8. The van der Waals surface area contributed by atoms with Crippen molar-refractivity contribution in [3.8, 4) is 0 Å². The number of amides is 2. The molecule has 2 aliphatic rings. The third-order valence-electron chi connectivity index (χ3n) is 4.06. The van der Waals surface area contributed by atoms with Gasteiger partial charge in [-0.1, -0.05) is 17.7 Å². The molecular weight excluding hydrogens is 252 g/mol. The van der Waals surface area contributed by atoms with E-state index >= 15 is 0 Å². The fourth-order valence-corrected chi connectivity index (χ4v) is 2.63. The van der Waals surface area contributed by atoms with Crippen molar-refractivity contribution in [3.05, 3.63) is 29.8 Å². The molecule has 1 unspecified atom stereocenters. The Bertz CT molecular complexity index is 520. The maximum absolute atomic E-state index is 12.1. The molecule has 0 radical (unpaired) electrons. The Morgan fingerprint density at radius 1 is 1.30 bits per heavy atom. The van der Waals surface area contributed by atoms with Gasteiger partial charge in [0, 0.05) is 37.0 Å². The van der Waals surface area contributed by atoms with Crippen LogP contribution in [0.2, 0.25) is 0 Å². The van der Waals surface area contributed by atoms with Crippen LogP contribution in [-0.4, -0.2) is 24.9 Å². The second-order valence-corrected chi connectivity index (χ2v) is 5.93. The van der Waals surface area contributed by atoms with Gasteiger partial charge in [0.25, 0.3) is 0 Å². The molecule has 0 spiro atoms. The van der Waals surface area contributed by atoms with Crippen molar-refractivity contribution >= 4 is 17.5 Å². The minimum absolute atomic E-state index is 0.152. The number of benzene rings is 1. The summed E-state index contributed by atoms with van der Waals surface area (Å²) in [5, 5.41) is 2.97. The lowest BCUT2D eigenvalue weighted by Crippen LogP contribution is -2.32. The maximum Gasteiger partial charge on any atom is 0.227 e. The molecule has 1 aromatic carbocycles. The van der Waals surface area contributed by atoms with Crippen LogP contribution in [0.1, 0.15) is 24.8 Å². The molecule has 2 fully saturated rings. The highest BCUT2D eigenvalue weighted by molar-refractivity contribution is 5.95. The number of nitrogens with zero attached hydrogens (tertiary/aromatic N) is 1. The summed E-state index contributed by atoms with van der Waals surface area (Å²) >= 11 is 0. The van der Waals surface area contributed by atoms with E-state index in [0.29, 0.717) is 19.5 Å². The molecule has 1 saturated carbocycles. The topological polar surface area (TPSA) is 49.4 Å². The number of anilines is 1. The first-order valence-corrected chi connectivity index (χ1v) is 7.28. The van der Waals surface area contributed by atoms with Crippen LogP contribution in [0.5, 0.6) is 0 Å². The average Bonchev–Trinajstić information content (AvgIpc) is 3.21. The molecular formula is C16H20N2O2. The molecule has 0 aromatic heterocycles. The first kappa shape index (κ1) is 13.2. The summed E-state index contributed by atoms with van der Waals surface area (Å²) in [6.07, 6.45) is 2.56. The van der Waals surface area contributed by atoms with E-state index in [0.717, 1.165) is 18.5 Å². The van der Waals surface area contributed by atoms with Crippen molar-refractivity contribution in [1.82, 2.24) is 5.32 Å². The fraction of sp³-hybridized carbons (Fsp3) is 0.500. The van der Waals surface area contributed by atoms with E-state index in [-0.39, 0.29) is 23.7 Å². The van der Waals surface area contributed by atoms with Gasteiger partial charge in [-0.05, 0) is 31.9 Å². The highest BCUT2D eigenvalue weighted by atomic mass is 16.2. The van der Waals surface area contributed by atoms with E-state index in [1.54, 1.807) is 0 Å². The molecule has 1 N–H and O–H groups in total. The number of carbonyl (C=O) groups is 2. The lowest BCUT2D eigenvalue weighted by Gasteiger charge is -2.17. The minimum atomic E-state index is 0.152. The summed E-state index contributed by atoms with van der Waals surface area (Å²) in [5.41, 5.74) is 2.14. The molecule has 1 aliphatic heterocycles. The second kappa shape index (κ2) is 5.27. The van der Waals surface area contributed by atoms with Crippen LogP contribution >= 0.6 is 0 Å². The number of aryl methyl sites for hydroxylation is 1. The van der Waals surface area contributed by atoms with Crippen molar-refractivity contribution in [2.45, 2.75) is 26.2 Å². The zero-order valence-corrected chi connectivity index (χ0v) is 11.8. The average molecular weight is 272 g/mol. The Hall–Kier alpha value is -1.84. The summed E-state index contributed by atoms with van der Waals surface area (Å²) in [7, 11) is 0. The van der Waals surface area contributed by atoms with Gasteiger partial charge in [0.15, 0.2) is 0 Å². The number of hydrogen-bond acceptors (Lipinski definition) is 2. The quantitative estimate of drug-likeness (QED) is 0.909. The molecule has 106 valence electrons. The van der Waals surface area contributed by atoms with E-state index in [1.807, 2.05) is 36.1 Å². The van der Waals surface area contributed by atoms with Crippen molar-refractivity contribution < 1.29 is 9.59 Å². The van der Waals surface area contributed by atoms with Gasteiger partial charge in [0.05, 0.1) is 0 Å². The summed E-state index contributed by atoms with van der Waals surface area (Å²) in [5.74, 6) is 0.776. The molecule has 0 bridgehead atoms. The van der Waals surface area contributed by atoms with E-state index in [2.05, 4.69) is 5.32 Å². The van der Waals surface area contributed by atoms with Crippen molar-refractivity contribution in [2.24, 2.45) is 11.8 Å². The molecule has 4 heteroatoms. The van der Waals surface area contributed by atoms with Gasteiger partial charge >= 0.3 is 0 Å². The first-order valence-electron chi connectivity index (χ1n) is 7.28. The summed E-state index contributed by atoms with van der Waals surface area (Å²) in [4.78, 5) is 25.5. The van der Waals surface area contributed by atoms with Gasteiger partial charge in [-0.3, -0.25) is 9.59 Å². The number of rotatable bonds is 4. The lowest BCUT2D eigenvalue weighted by atomic mass is 10.1. The molecule has 1 heterocycles. The van der Waals surface area contributed by atoms with Gasteiger partial charge in [-0.15, -0.1) is 0 Å². The van der Waals surface area contributed by atoms with Crippen LogP contribution in [0.3, 0.4) is 0 Å². The molecule has 20 heavy (non-hydrogen) atoms. The van der Waals surface area contributed by atoms with E-state index in [4.69, 9.17) is 0 Å². The van der Waals surface area contributed by atoms with E-state index < -0.39 is 0 Å². The molecule has 2 amide bonds. The highest BCUT2D eigenvalue weighted by Gasteiger charge is 2.33. The normalized spacial score (nSPS) is 22.1. The highest BCUT2D eigenvalue weighted by Crippen LogP contribution is 2.29. The number of nitrogens with one attached hydrogen (secondary N) is 1. The Labute approximate surface area is 119 Å². The standard InChI is InChI=1S/C16H20N2O2/c1-11-2-6-14(7-3-11)18-10-12(8-15(18)19)9-17-16(20)13-4-5-13/h2-3,6-7,12-13H,4-5,8-10H2,1H3,(H,17,20). The Kier molecular flexibility index (Phi) is 3.47. The predicted molar refractivity (Wildman–Crippen MR) is 77.4 cm³/mol. The van der Waals surface area contributed by atoms with E-state index in [9.17, 15) is 9.59 Å². The Morgan fingerprint density at radius 2 is 2.00 bits per heavy atom. The van der Waals surface area contributed by atoms with Crippen LogP contribution in [0.25, 0.3) is 0 Å². The van der Waals surface area contributed by atoms with Crippen molar-refractivity contribution in [1.29, 1.82) is 0 Å². The van der Waals surface area contributed by atoms with Gasteiger partial charge < -0.3 is 10.2 Å². The van der Waals surface area contributed by atoms with Crippen LogP contribution in [0.4, 0.5) is 5.69 Å². The first-order chi connectivity index (χ1) is 9.63. The van der Waals surface area contributed by atoms with Gasteiger partial charge in [-0.2, -0.15) is 0 Å². The summed E-state index contributed by atoms with van der Waals surface area (Å²) in [6.45, 7) is 3.35. The Balaban J connectivity index is 1.57. The molecule has 1 saturated heterocycles. The number of hydrogen-bond donors (Lipinski definition) is 1. The van der Waals surface area contributed by atoms with Crippen molar-refractivity contribution in [3.63, 3.8) is 0 Å². The van der Waals surface area contributed by atoms with Gasteiger partial charge in [-0.25, -0.2) is 0 Å². The third kappa shape index (κ3) is 2.84. The second-order valence-electron chi connectivity index (χ2n) is 5.93. The monoisotopic (exact) mass is 272 g/mol. The number of carbonyl (C=O) groups excluding carboxylic acids is 2.